The zero-order valence-corrected chi connectivity index (χ0v) is 10.5. The van der Waals surface area contributed by atoms with E-state index in [4.69, 9.17) is 0 Å². The lowest BCUT2D eigenvalue weighted by atomic mass is 10.2. The minimum absolute atomic E-state index is 0.883. The monoisotopic (exact) mass is 279 g/mol. The molecule has 0 atom stereocenters. The minimum Gasteiger partial charge on any atom is -0.256 e. The highest BCUT2D eigenvalue weighted by molar-refractivity contribution is 9.11. The summed E-state index contributed by atoms with van der Waals surface area (Å²) in [6.07, 6.45) is 1.85. The molecule has 2 aromatic rings. The van der Waals surface area contributed by atoms with Crippen LogP contribution in [0.5, 0.6) is 0 Å². The second-order valence-corrected chi connectivity index (χ2v) is 5.27. The van der Waals surface area contributed by atoms with Crippen LogP contribution in [0.2, 0.25) is 0 Å². The van der Waals surface area contributed by atoms with Crippen molar-refractivity contribution in [2.75, 3.05) is 5.75 Å². The van der Waals surface area contributed by atoms with E-state index in [-0.39, 0.29) is 0 Å². The third kappa shape index (κ3) is 2.61. The van der Waals surface area contributed by atoms with Gasteiger partial charge in [0.2, 0.25) is 0 Å². The Morgan fingerprint density at radius 2 is 2.13 bits per heavy atom. The second-order valence-electron chi connectivity index (χ2n) is 3.13. The van der Waals surface area contributed by atoms with Crippen LogP contribution in [0.4, 0.5) is 0 Å². The van der Waals surface area contributed by atoms with Crippen molar-refractivity contribution in [3.8, 4) is 0 Å². The van der Waals surface area contributed by atoms with Gasteiger partial charge < -0.3 is 0 Å². The lowest BCUT2D eigenvalue weighted by molar-refractivity contribution is 1.35. The zero-order valence-electron chi connectivity index (χ0n) is 8.11. The summed E-state index contributed by atoms with van der Waals surface area (Å²) in [7, 11) is 0. The first kappa shape index (κ1) is 10.7. The first-order chi connectivity index (χ1) is 7.27. The van der Waals surface area contributed by atoms with E-state index in [0.717, 1.165) is 15.8 Å². The molecule has 1 nitrogen and oxygen atoms in total. The highest BCUT2D eigenvalue weighted by Gasteiger charge is 2.01. The van der Waals surface area contributed by atoms with E-state index < -0.39 is 0 Å². The van der Waals surface area contributed by atoms with E-state index >= 15 is 0 Å². The van der Waals surface area contributed by atoms with Crippen molar-refractivity contribution in [1.29, 1.82) is 0 Å². The number of para-hydroxylation sites is 1. The molecule has 1 heterocycles. The minimum atomic E-state index is 0.883. The summed E-state index contributed by atoms with van der Waals surface area (Å²) in [5.74, 6) is 0.883. The molecule has 0 fully saturated rings. The summed E-state index contributed by atoms with van der Waals surface area (Å²) in [4.78, 5) is 5.57. The van der Waals surface area contributed by atoms with Crippen molar-refractivity contribution < 1.29 is 0 Å². The highest BCUT2D eigenvalue weighted by Crippen LogP contribution is 2.28. The van der Waals surface area contributed by atoms with Crippen LogP contribution in [0.3, 0.4) is 0 Å². The molecule has 0 aliphatic heterocycles. The van der Waals surface area contributed by atoms with Crippen LogP contribution >= 0.6 is 27.7 Å². The van der Waals surface area contributed by atoms with Crippen LogP contribution in [0, 0.1) is 0 Å². The molecule has 0 unspecified atom stereocenters. The Kier molecular flexibility index (Phi) is 3.44. The summed E-state index contributed by atoms with van der Waals surface area (Å²) in [6.45, 7) is 3.83. The molecular weight excluding hydrogens is 270 g/mol. The molecule has 1 aromatic carbocycles. The molecule has 15 heavy (non-hydrogen) atoms. The average Bonchev–Trinajstić information content (AvgIpc) is 2.26. The van der Waals surface area contributed by atoms with Crippen molar-refractivity contribution in [2.45, 2.75) is 4.90 Å². The number of nitrogens with zero attached hydrogens (tertiary/aromatic N) is 1. The Hall–Kier alpha value is -0.800. The van der Waals surface area contributed by atoms with Gasteiger partial charge in [0.1, 0.15) is 0 Å². The van der Waals surface area contributed by atoms with Crippen molar-refractivity contribution in [2.24, 2.45) is 0 Å². The van der Waals surface area contributed by atoms with Crippen molar-refractivity contribution in [3.63, 3.8) is 0 Å². The molecule has 0 saturated carbocycles. The first-order valence-corrected chi connectivity index (χ1v) is 6.35. The predicted octanol–water partition coefficient (Wildman–Crippen LogP) is 4.24. The Morgan fingerprint density at radius 3 is 2.93 bits per heavy atom. The normalized spacial score (nSPS) is 10.5. The number of rotatable bonds is 3. The number of pyridine rings is 1. The van der Waals surface area contributed by atoms with Crippen LogP contribution in [-0.4, -0.2) is 10.7 Å². The van der Waals surface area contributed by atoms with Crippen molar-refractivity contribution in [1.82, 2.24) is 4.98 Å². The third-order valence-electron chi connectivity index (χ3n) is 1.99. The smallest absolute Gasteiger partial charge is 0.0713 e. The lowest BCUT2D eigenvalue weighted by Crippen LogP contribution is -1.82. The van der Waals surface area contributed by atoms with Crippen LogP contribution < -0.4 is 0 Å². The fourth-order valence-corrected chi connectivity index (χ4v) is 2.49. The molecule has 0 N–H and O–H groups in total. The molecule has 76 valence electrons. The van der Waals surface area contributed by atoms with Crippen molar-refractivity contribution >= 4 is 38.6 Å². The summed E-state index contributed by atoms with van der Waals surface area (Å²) in [5.41, 5.74) is 1.04. The average molecular weight is 280 g/mol. The van der Waals surface area contributed by atoms with Gasteiger partial charge in [0.05, 0.1) is 5.52 Å². The highest BCUT2D eigenvalue weighted by atomic mass is 79.9. The maximum Gasteiger partial charge on any atom is 0.0713 e. The number of thioether (sulfide) groups is 1. The van der Waals surface area contributed by atoms with Gasteiger partial charge >= 0.3 is 0 Å². The number of hydrogen-bond donors (Lipinski definition) is 0. The number of fused-ring (bicyclic) bond motifs is 1. The first-order valence-electron chi connectivity index (χ1n) is 4.57. The Bertz CT molecular complexity index is 490. The summed E-state index contributed by atoms with van der Waals surface area (Å²) in [5, 5.41) is 1.21. The zero-order chi connectivity index (χ0) is 10.7. The van der Waals surface area contributed by atoms with E-state index in [1.54, 1.807) is 11.8 Å². The predicted molar refractivity (Wildman–Crippen MR) is 70.5 cm³/mol. The molecule has 0 bridgehead atoms. The van der Waals surface area contributed by atoms with Crippen molar-refractivity contribution in [3.05, 3.63) is 47.6 Å². The van der Waals surface area contributed by atoms with E-state index in [2.05, 4.69) is 33.6 Å². The Balaban J connectivity index is 2.38. The van der Waals surface area contributed by atoms with Gasteiger partial charge in [-0.05, 0) is 16.6 Å². The van der Waals surface area contributed by atoms with Gasteiger partial charge in [0.15, 0.2) is 0 Å². The lowest BCUT2D eigenvalue weighted by Gasteiger charge is -2.04. The quantitative estimate of drug-likeness (QED) is 0.780. The fraction of sp³-hybridized carbons (Fsp3) is 0.0833. The SMILES string of the molecule is C=C(Br)CSc1ccnc2ccccc12. The molecule has 0 aliphatic carbocycles. The third-order valence-corrected chi connectivity index (χ3v) is 3.80. The maximum absolute atomic E-state index is 4.32. The molecule has 0 aliphatic rings. The summed E-state index contributed by atoms with van der Waals surface area (Å²) < 4.78 is 1.01. The molecule has 0 radical (unpaired) electrons. The van der Waals surface area contributed by atoms with Gasteiger partial charge in [-0.2, -0.15) is 0 Å². The number of hydrogen-bond acceptors (Lipinski definition) is 2. The summed E-state index contributed by atoms with van der Waals surface area (Å²) in [6, 6.07) is 10.2. The number of benzene rings is 1. The second kappa shape index (κ2) is 4.81. The van der Waals surface area contributed by atoms with Crippen LogP contribution in [-0.2, 0) is 0 Å². The Morgan fingerprint density at radius 1 is 1.33 bits per heavy atom. The molecular formula is C12H10BrNS. The van der Waals surface area contributed by atoms with Gasteiger partial charge in [0.25, 0.3) is 0 Å². The largest absolute Gasteiger partial charge is 0.256 e. The van der Waals surface area contributed by atoms with Gasteiger partial charge in [-0.15, -0.1) is 11.8 Å². The van der Waals surface area contributed by atoms with Gasteiger partial charge in [-0.3, -0.25) is 4.98 Å². The molecule has 0 spiro atoms. The van der Waals surface area contributed by atoms with Crippen LogP contribution in [0.1, 0.15) is 0 Å². The van der Waals surface area contributed by atoms with Crippen LogP contribution in [0.15, 0.2) is 52.5 Å². The van der Waals surface area contributed by atoms with Crippen LogP contribution in [0.25, 0.3) is 10.9 Å². The molecule has 2 rings (SSSR count). The van der Waals surface area contributed by atoms with E-state index in [1.807, 2.05) is 30.5 Å². The topological polar surface area (TPSA) is 12.9 Å². The fourth-order valence-electron chi connectivity index (χ4n) is 1.35. The Labute approximate surface area is 102 Å². The molecule has 0 saturated heterocycles. The van der Waals surface area contributed by atoms with Gasteiger partial charge in [-0.25, -0.2) is 0 Å². The number of halogens is 1. The van der Waals surface area contributed by atoms with Gasteiger partial charge in [0, 0.05) is 22.2 Å². The molecule has 3 heteroatoms. The van der Waals surface area contributed by atoms with E-state index in [1.165, 1.54) is 10.3 Å². The molecule has 0 amide bonds. The van der Waals surface area contributed by atoms with Gasteiger partial charge in [-0.1, -0.05) is 40.7 Å². The van der Waals surface area contributed by atoms with E-state index in [9.17, 15) is 0 Å². The summed E-state index contributed by atoms with van der Waals surface area (Å²) >= 11 is 5.14. The van der Waals surface area contributed by atoms with E-state index in [0.29, 0.717) is 0 Å². The molecule has 1 aromatic heterocycles. The number of aromatic nitrogens is 1. The maximum atomic E-state index is 4.32. The standard InChI is InChI=1S/C12H10BrNS/c1-9(13)8-15-12-6-7-14-11-5-3-2-4-10(11)12/h2-7H,1,8H2.